The van der Waals surface area contributed by atoms with Gasteiger partial charge >= 0.3 is 0 Å². The molecule has 3 rings (SSSR count). The molecular weight excluding hydrogens is 497 g/mol. The number of halogens is 1. The Morgan fingerprint density at radius 2 is 2.03 bits per heavy atom. The van der Waals surface area contributed by atoms with Crippen LogP contribution in [-0.4, -0.2) is 51.6 Å². The monoisotopic (exact) mass is 527 g/mol. The van der Waals surface area contributed by atoms with Crippen LogP contribution in [0.2, 0.25) is 0 Å². The van der Waals surface area contributed by atoms with E-state index in [1.807, 2.05) is 31.3 Å². The molecule has 8 heteroatoms. The molecule has 0 radical (unpaired) electrons. The predicted octanol–water partition coefficient (Wildman–Crippen LogP) is 3.10. The molecule has 3 N–H and O–H groups in total. The molecule has 6 nitrogen and oxygen atoms in total. The summed E-state index contributed by atoms with van der Waals surface area (Å²) in [5, 5.41) is 13.1. The van der Waals surface area contributed by atoms with Crippen molar-refractivity contribution in [2.45, 2.75) is 25.3 Å². The summed E-state index contributed by atoms with van der Waals surface area (Å²) >= 11 is 1.81. The van der Waals surface area contributed by atoms with E-state index in [-0.39, 0.29) is 29.9 Å². The summed E-state index contributed by atoms with van der Waals surface area (Å²) in [6.45, 7) is 2.91. The quantitative estimate of drug-likeness (QED) is 0.307. The van der Waals surface area contributed by atoms with Crippen LogP contribution < -0.4 is 20.9 Å². The number of rotatable bonds is 6. The highest BCUT2D eigenvalue weighted by molar-refractivity contribution is 14.0. The van der Waals surface area contributed by atoms with Crippen molar-refractivity contribution in [1.29, 1.82) is 0 Å². The molecule has 0 saturated carbocycles. The Morgan fingerprint density at radius 3 is 2.69 bits per heavy atom. The molecule has 0 aliphatic carbocycles. The number of hydrogen-bond acceptors (Lipinski definition) is 4. The van der Waals surface area contributed by atoms with Crippen LogP contribution in [0, 0.1) is 0 Å². The van der Waals surface area contributed by atoms with Crippen LogP contribution in [0.5, 0.6) is 0 Å². The number of nitrogens with zero attached hydrogens (tertiary/aromatic N) is 2. The second-order valence-electron chi connectivity index (χ2n) is 6.89. The number of benzene rings is 1. The Morgan fingerprint density at radius 1 is 1.24 bits per heavy atom. The number of carbonyl (C=O) groups is 1. The SMILES string of the molecule is CN=C(NCCc1cccc(C(=O)NC)c1)NC1CCN(c2cccs2)CC1.I. The van der Waals surface area contributed by atoms with E-state index in [1.165, 1.54) is 5.00 Å². The van der Waals surface area contributed by atoms with Crippen molar-refractivity contribution in [1.82, 2.24) is 16.0 Å². The summed E-state index contributed by atoms with van der Waals surface area (Å²) < 4.78 is 0. The molecule has 29 heavy (non-hydrogen) atoms. The van der Waals surface area contributed by atoms with Gasteiger partial charge in [0.25, 0.3) is 5.91 Å². The van der Waals surface area contributed by atoms with Gasteiger partial charge in [0.05, 0.1) is 5.00 Å². The van der Waals surface area contributed by atoms with E-state index in [1.54, 1.807) is 18.4 Å². The first-order valence-electron chi connectivity index (χ1n) is 9.76. The first-order valence-corrected chi connectivity index (χ1v) is 10.6. The maximum absolute atomic E-state index is 11.8. The summed E-state index contributed by atoms with van der Waals surface area (Å²) in [5.74, 6) is 0.790. The molecule has 0 unspecified atom stereocenters. The van der Waals surface area contributed by atoms with Crippen molar-refractivity contribution >= 4 is 52.2 Å². The van der Waals surface area contributed by atoms with Gasteiger partial charge in [-0.15, -0.1) is 35.3 Å². The van der Waals surface area contributed by atoms with Gasteiger partial charge in [0.1, 0.15) is 0 Å². The number of aliphatic imine (C=N–C) groups is 1. The largest absolute Gasteiger partial charge is 0.363 e. The molecule has 1 amide bonds. The molecule has 1 aromatic heterocycles. The maximum atomic E-state index is 11.8. The molecular formula is C21H30IN5OS. The third kappa shape index (κ3) is 6.88. The van der Waals surface area contributed by atoms with Gasteiger partial charge in [-0.3, -0.25) is 9.79 Å². The first-order chi connectivity index (χ1) is 13.7. The van der Waals surface area contributed by atoms with Gasteiger partial charge in [-0.2, -0.15) is 0 Å². The van der Waals surface area contributed by atoms with Crippen molar-refractivity contribution in [2.75, 3.05) is 38.6 Å². The number of hydrogen-bond donors (Lipinski definition) is 3. The molecule has 0 spiro atoms. The molecule has 1 aromatic carbocycles. The second-order valence-corrected chi connectivity index (χ2v) is 7.81. The van der Waals surface area contributed by atoms with E-state index in [4.69, 9.17) is 0 Å². The minimum atomic E-state index is -0.0545. The van der Waals surface area contributed by atoms with Crippen molar-refractivity contribution < 1.29 is 4.79 Å². The van der Waals surface area contributed by atoms with Crippen molar-refractivity contribution in [3.8, 4) is 0 Å². The number of carbonyl (C=O) groups excluding carboxylic acids is 1. The fraction of sp³-hybridized carbons (Fsp3) is 0.429. The number of guanidine groups is 1. The number of thiophene rings is 1. The Kier molecular flexibility index (Phi) is 9.72. The minimum absolute atomic E-state index is 0. The van der Waals surface area contributed by atoms with E-state index in [0.29, 0.717) is 11.6 Å². The van der Waals surface area contributed by atoms with Crippen LogP contribution in [0.3, 0.4) is 0 Å². The third-order valence-corrected chi connectivity index (χ3v) is 5.93. The van der Waals surface area contributed by atoms with Crippen LogP contribution in [0.4, 0.5) is 5.00 Å². The molecule has 0 bridgehead atoms. The van der Waals surface area contributed by atoms with Crippen molar-refractivity contribution in [2.24, 2.45) is 4.99 Å². The van der Waals surface area contributed by atoms with Gasteiger partial charge in [-0.1, -0.05) is 12.1 Å². The fourth-order valence-electron chi connectivity index (χ4n) is 3.42. The number of piperidine rings is 1. The Bertz CT molecular complexity index is 788. The lowest BCUT2D eigenvalue weighted by atomic mass is 10.1. The lowest BCUT2D eigenvalue weighted by molar-refractivity contribution is 0.0963. The molecule has 1 fully saturated rings. The highest BCUT2D eigenvalue weighted by Crippen LogP contribution is 2.24. The molecule has 1 aliphatic heterocycles. The average Bonchev–Trinajstić information content (AvgIpc) is 3.28. The Labute approximate surface area is 194 Å². The van der Waals surface area contributed by atoms with Crippen LogP contribution in [0.1, 0.15) is 28.8 Å². The van der Waals surface area contributed by atoms with Gasteiger partial charge in [0, 0.05) is 45.3 Å². The standard InChI is InChI=1S/C21H29N5OS.HI/c1-22-20(27)17-6-3-5-16(15-17)8-11-24-21(23-2)25-18-9-12-26(13-10-18)19-7-4-14-28-19;/h3-7,14-15,18H,8-13H2,1-2H3,(H,22,27)(H2,23,24,25);1H. The summed E-state index contributed by atoms with van der Waals surface area (Å²) in [7, 11) is 3.46. The lowest BCUT2D eigenvalue weighted by Gasteiger charge is -2.33. The van der Waals surface area contributed by atoms with Crippen LogP contribution in [0.15, 0.2) is 46.8 Å². The predicted molar refractivity (Wildman–Crippen MR) is 133 cm³/mol. The van der Waals surface area contributed by atoms with Gasteiger partial charge in [-0.25, -0.2) is 0 Å². The zero-order valence-corrected chi connectivity index (χ0v) is 20.1. The third-order valence-electron chi connectivity index (χ3n) is 5.00. The van der Waals surface area contributed by atoms with Gasteiger partial charge in [0.2, 0.25) is 0 Å². The van der Waals surface area contributed by atoms with Crippen LogP contribution >= 0.6 is 35.3 Å². The van der Waals surface area contributed by atoms with E-state index >= 15 is 0 Å². The minimum Gasteiger partial charge on any atom is -0.363 e. The average molecular weight is 527 g/mol. The van der Waals surface area contributed by atoms with E-state index in [2.05, 4.69) is 43.4 Å². The number of amides is 1. The second kappa shape index (κ2) is 12.0. The van der Waals surface area contributed by atoms with E-state index < -0.39 is 0 Å². The van der Waals surface area contributed by atoms with E-state index in [9.17, 15) is 4.79 Å². The maximum Gasteiger partial charge on any atom is 0.251 e. The van der Waals surface area contributed by atoms with Gasteiger partial charge in [0.15, 0.2) is 5.96 Å². The number of anilines is 1. The fourth-order valence-corrected chi connectivity index (χ4v) is 4.21. The molecule has 1 aliphatic rings. The Balaban J connectivity index is 0.00000300. The lowest BCUT2D eigenvalue weighted by Crippen LogP contribution is -2.49. The zero-order valence-electron chi connectivity index (χ0n) is 17.0. The molecule has 1 saturated heterocycles. The number of nitrogens with one attached hydrogen (secondary N) is 3. The first kappa shape index (κ1) is 23.5. The summed E-state index contributed by atoms with van der Waals surface area (Å²) in [5.41, 5.74) is 1.83. The van der Waals surface area contributed by atoms with Crippen molar-refractivity contribution in [3.63, 3.8) is 0 Å². The van der Waals surface area contributed by atoms with Crippen LogP contribution in [-0.2, 0) is 6.42 Å². The molecule has 2 aromatic rings. The van der Waals surface area contributed by atoms with E-state index in [0.717, 1.165) is 50.4 Å². The van der Waals surface area contributed by atoms with Gasteiger partial charge in [-0.05, 0) is 54.5 Å². The zero-order chi connectivity index (χ0) is 19.8. The highest BCUT2D eigenvalue weighted by atomic mass is 127. The smallest absolute Gasteiger partial charge is 0.251 e. The molecule has 0 atom stereocenters. The highest BCUT2D eigenvalue weighted by Gasteiger charge is 2.20. The molecule has 2 heterocycles. The summed E-state index contributed by atoms with van der Waals surface area (Å²) in [6, 6.07) is 12.5. The van der Waals surface area contributed by atoms with Crippen LogP contribution in [0.25, 0.3) is 0 Å². The summed E-state index contributed by atoms with van der Waals surface area (Å²) in [6.07, 6.45) is 3.04. The Hall–Kier alpha value is -1.81. The van der Waals surface area contributed by atoms with Gasteiger partial charge < -0.3 is 20.9 Å². The topological polar surface area (TPSA) is 68.8 Å². The normalized spacial score (nSPS) is 14.8. The van der Waals surface area contributed by atoms with Crippen molar-refractivity contribution in [3.05, 3.63) is 52.9 Å². The molecule has 158 valence electrons. The summed E-state index contributed by atoms with van der Waals surface area (Å²) in [4.78, 5) is 18.6.